The van der Waals surface area contributed by atoms with Crippen LogP contribution in [0.1, 0.15) is 33.6 Å². The minimum absolute atomic E-state index is 0.0134. The molecule has 0 spiro atoms. The maximum atomic E-state index is 12.4. The van der Waals surface area contributed by atoms with Crippen LogP contribution in [0.2, 0.25) is 0 Å². The number of hydrogen-bond acceptors (Lipinski definition) is 5. The van der Waals surface area contributed by atoms with E-state index in [0.29, 0.717) is 35.9 Å². The number of carbonyl (C=O) groups is 1. The summed E-state index contributed by atoms with van der Waals surface area (Å²) in [5.41, 5.74) is 1.14. The molecule has 1 N–H and O–H groups in total. The van der Waals surface area contributed by atoms with E-state index in [9.17, 15) is 13.2 Å². The van der Waals surface area contributed by atoms with Crippen molar-refractivity contribution in [2.45, 2.75) is 39.7 Å². The molecule has 0 aliphatic rings. The van der Waals surface area contributed by atoms with Gasteiger partial charge in [0.25, 0.3) is 0 Å². The number of ether oxygens (including phenoxy) is 2. The van der Waals surface area contributed by atoms with E-state index in [0.717, 1.165) is 6.26 Å². The van der Waals surface area contributed by atoms with E-state index in [1.807, 2.05) is 32.9 Å². The molecule has 2 rings (SSSR count). The van der Waals surface area contributed by atoms with Crippen molar-refractivity contribution < 1.29 is 22.7 Å². The van der Waals surface area contributed by atoms with Gasteiger partial charge >= 0.3 is 0 Å². The average Bonchev–Trinajstić information content (AvgIpc) is 2.66. The molecule has 0 saturated heterocycles. The Morgan fingerprint density at radius 1 is 1.10 bits per heavy atom. The minimum atomic E-state index is -3.48. The molecule has 0 saturated carbocycles. The third-order valence-corrected chi connectivity index (χ3v) is 5.32. The van der Waals surface area contributed by atoms with Crippen LogP contribution in [0.4, 0.5) is 11.4 Å². The van der Waals surface area contributed by atoms with Gasteiger partial charge in [-0.05, 0) is 63.6 Å². The zero-order valence-electron chi connectivity index (χ0n) is 17.9. The predicted molar refractivity (Wildman–Crippen MR) is 120 cm³/mol. The van der Waals surface area contributed by atoms with E-state index < -0.39 is 10.0 Å². The van der Waals surface area contributed by atoms with Crippen LogP contribution in [0.5, 0.6) is 11.5 Å². The van der Waals surface area contributed by atoms with Crippen LogP contribution >= 0.6 is 0 Å². The molecule has 0 bridgehead atoms. The molecule has 0 fully saturated rings. The van der Waals surface area contributed by atoms with Gasteiger partial charge in [-0.3, -0.25) is 9.10 Å². The first-order valence-corrected chi connectivity index (χ1v) is 11.8. The molecule has 0 aromatic heterocycles. The van der Waals surface area contributed by atoms with Crippen LogP contribution in [-0.4, -0.2) is 39.8 Å². The molecule has 0 atom stereocenters. The number of anilines is 2. The lowest BCUT2D eigenvalue weighted by atomic mass is 10.2. The van der Waals surface area contributed by atoms with Crippen LogP contribution in [0.15, 0.2) is 48.5 Å². The van der Waals surface area contributed by atoms with Crippen molar-refractivity contribution in [1.82, 2.24) is 0 Å². The first kappa shape index (κ1) is 23.5. The summed E-state index contributed by atoms with van der Waals surface area (Å²) in [4.78, 5) is 12.4. The lowest BCUT2D eigenvalue weighted by Crippen LogP contribution is -2.31. The average molecular weight is 435 g/mol. The number of rotatable bonds is 11. The fourth-order valence-electron chi connectivity index (χ4n) is 2.88. The lowest BCUT2D eigenvalue weighted by Gasteiger charge is -2.22. The Kier molecular flexibility index (Phi) is 8.53. The molecular weight excluding hydrogens is 404 g/mol. The van der Waals surface area contributed by atoms with Crippen LogP contribution in [0, 0.1) is 0 Å². The number of amides is 1. The molecule has 164 valence electrons. The van der Waals surface area contributed by atoms with Gasteiger partial charge in [0.15, 0.2) is 0 Å². The normalized spacial score (nSPS) is 11.2. The van der Waals surface area contributed by atoms with Crippen molar-refractivity contribution in [3.8, 4) is 11.5 Å². The van der Waals surface area contributed by atoms with Crippen molar-refractivity contribution in [1.29, 1.82) is 0 Å². The summed E-state index contributed by atoms with van der Waals surface area (Å²) in [6, 6.07) is 14.1. The van der Waals surface area contributed by atoms with Crippen molar-refractivity contribution in [3.63, 3.8) is 0 Å². The smallest absolute Gasteiger partial charge is 0.232 e. The number of nitrogens with zero attached hydrogens (tertiary/aromatic N) is 1. The van der Waals surface area contributed by atoms with E-state index in [4.69, 9.17) is 9.47 Å². The van der Waals surface area contributed by atoms with Crippen LogP contribution in [-0.2, 0) is 14.8 Å². The third kappa shape index (κ3) is 7.26. The van der Waals surface area contributed by atoms with Gasteiger partial charge in [-0.1, -0.05) is 12.1 Å². The van der Waals surface area contributed by atoms with Gasteiger partial charge in [0.05, 0.1) is 30.3 Å². The number of sulfonamides is 1. The monoisotopic (exact) mass is 434 g/mol. The fraction of sp³-hybridized carbons (Fsp3) is 0.409. The van der Waals surface area contributed by atoms with Crippen molar-refractivity contribution in [2.75, 3.05) is 29.0 Å². The second kappa shape index (κ2) is 10.9. The van der Waals surface area contributed by atoms with Gasteiger partial charge < -0.3 is 14.8 Å². The Bertz CT molecular complexity index is 927. The highest BCUT2D eigenvalue weighted by atomic mass is 32.2. The van der Waals surface area contributed by atoms with E-state index >= 15 is 0 Å². The Hall–Kier alpha value is -2.74. The summed E-state index contributed by atoms with van der Waals surface area (Å²) in [7, 11) is -3.48. The zero-order chi connectivity index (χ0) is 22.1. The second-order valence-corrected chi connectivity index (χ2v) is 8.98. The van der Waals surface area contributed by atoms with E-state index in [1.165, 1.54) is 4.31 Å². The number of carbonyl (C=O) groups excluding carboxylic acids is 1. The zero-order valence-corrected chi connectivity index (χ0v) is 18.7. The molecule has 2 aromatic rings. The minimum Gasteiger partial charge on any atom is -0.494 e. The quantitative estimate of drug-likeness (QED) is 0.577. The largest absolute Gasteiger partial charge is 0.494 e. The standard InChI is InChI=1S/C22H30N2O5S/c1-5-28-19-14-12-18(13-15-19)24(30(4,26)27)16-8-11-22(25)23-20-9-6-7-10-21(20)29-17(2)3/h6-7,9-10,12-15,17H,5,8,11,16H2,1-4H3,(H,23,25). The number of nitrogens with one attached hydrogen (secondary N) is 1. The molecule has 0 unspecified atom stereocenters. The topological polar surface area (TPSA) is 84.9 Å². The van der Waals surface area contributed by atoms with Crippen LogP contribution in [0.3, 0.4) is 0 Å². The summed E-state index contributed by atoms with van der Waals surface area (Å²) in [5.74, 6) is 1.08. The molecule has 0 aliphatic heterocycles. The molecule has 1 amide bonds. The number of hydrogen-bond donors (Lipinski definition) is 1. The molecular formula is C22H30N2O5S. The van der Waals surface area contributed by atoms with Crippen molar-refractivity contribution in [3.05, 3.63) is 48.5 Å². The van der Waals surface area contributed by atoms with Gasteiger partial charge in [0, 0.05) is 13.0 Å². The maximum Gasteiger partial charge on any atom is 0.232 e. The molecule has 7 nitrogen and oxygen atoms in total. The lowest BCUT2D eigenvalue weighted by molar-refractivity contribution is -0.116. The molecule has 2 aromatic carbocycles. The highest BCUT2D eigenvalue weighted by Crippen LogP contribution is 2.25. The maximum absolute atomic E-state index is 12.4. The Morgan fingerprint density at radius 2 is 1.77 bits per heavy atom. The molecule has 0 radical (unpaired) electrons. The van der Waals surface area contributed by atoms with E-state index in [-0.39, 0.29) is 25.0 Å². The number of benzene rings is 2. The van der Waals surface area contributed by atoms with Gasteiger partial charge in [-0.2, -0.15) is 0 Å². The Morgan fingerprint density at radius 3 is 2.37 bits per heavy atom. The van der Waals surface area contributed by atoms with Gasteiger partial charge in [-0.25, -0.2) is 8.42 Å². The first-order chi connectivity index (χ1) is 14.2. The highest BCUT2D eigenvalue weighted by Gasteiger charge is 2.18. The molecule has 30 heavy (non-hydrogen) atoms. The summed E-state index contributed by atoms with van der Waals surface area (Å²) in [5, 5.41) is 2.84. The van der Waals surface area contributed by atoms with Gasteiger partial charge in [0.2, 0.25) is 15.9 Å². The van der Waals surface area contributed by atoms with Gasteiger partial charge in [0.1, 0.15) is 11.5 Å². The Labute approximate surface area is 179 Å². The SMILES string of the molecule is CCOc1ccc(N(CCCC(=O)Nc2ccccc2OC(C)C)S(C)(=O)=O)cc1. The highest BCUT2D eigenvalue weighted by molar-refractivity contribution is 7.92. The van der Waals surface area contributed by atoms with Crippen LogP contribution in [0.25, 0.3) is 0 Å². The second-order valence-electron chi connectivity index (χ2n) is 7.08. The van der Waals surface area contributed by atoms with Gasteiger partial charge in [-0.15, -0.1) is 0 Å². The van der Waals surface area contributed by atoms with E-state index in [2.05, 4.69) is 5.32 Å². The Balaban J connectivity index is 1.98. The van der Waals surface area contributed by atoms with Crippen molar-refractivity contribution in [2.24, 2.45) is 0 Å². The predicted octanol–water partition coefficient (Wildman–Crippen LogP) is 4.06. The molecule has 8 heteroatoms. The summed E-state index contributed by atoms with van der Waals surface area (Å²) >= 11 is 0. The summed E-state index contributed by atoms with van der Waals surface area (Å²) in [6.45, 7) is 6.45. The van der Waals surface area contributed by atoms with Crippen molar-refractivity contribution >= 4 is 27.3 Å². The molecule has 0 heterocycles. The van der Waals surface area contributed by atoms with E-state index in [1.54, 1.807) is 36.4 Å². The summed E-state index contributed by atoms with van der Waals surface area (Å²) in [6.07, 6.45) is 1.70. The molecule has 0 aliphatic carbocycles. The first-order valence-electron chi connectivity index (χ1n) is 9.96. The number of para-hydroxylation sites is 2. The fourth-order valence-corrected chi connectivity index (χ4v) is 3.85. The summed E-state index contributed by atoms with van der Waals surface area (Å²) < 4.78 is 36.9. The third-order valence-electron chi connectivity index (χ3n) is 4.12. The van der Waals surface area contributed by atoms with Crippen LogP contribution < -0.4 is 19.1 Å².